The number of aliphatic imine (C=N–C) groups is 2. The van der Waals surface area contributed by atoms with E-state index < -0.39 is 0 Å². The van der Waals surface area contributed by atoms with E-state index in [1.807, 2.05) is 25.1 Å². The Bertz CT molecular complexity index is 442. The van der Waals surface area contributed by atoms with E-state index in [2.05, 4.69) is 9.98 Å². The third-order valence-electron chi connectivity index (χ3n) is 2.05. The van der Waals surface area contributed by atoms with Crippen molar-refractivity contribution in [1.82, 2.24) is 0 Å². The van der Waals surface area contributed by atoms with Gasteiger partial charge < -0.3 is 0 Å². The highest BCUT2D eigenvalue weighted by atomic mass is 16.1. The van der Waals surface area contributed by atoms with E-state index in [0.29, 0.717) is 13.1 Å². The minimum Gasteiger partial charge on any atom is -0.211 e. The smallest absolute Gasteiger partial charge is 0.211 e. The van der Waals surface area contributed by atoms with Crippen molar-refractivity contribution in [1.29, 1.82) is 0 Å². The highest BCUT2D eigenvalue weighted by Gasteiger charge is 1.98. The number of hydrogen-bond acceptors (Lipinski definition) is 4. The summed E-state index contributed by atoms with van der Waals surface area (Å²) in [5.74, 6) is 0. The van der Waals surface area contributed by atoms with E-state index in [-0.39, 0.29) is 0 Å². The summed E-state index contributed by atoms with van der Waals surface area (Å²) in [5.41, 5.74) is 2.93. The fourth-order valence-corrected chi connectivity index (χ4v) is 1.27. The second-order valence-electron chi connectivity index (χ2n) is 3.08. The summed E-state index contributed by atoms with van der Waals surface area (Å²) in [6, 6.07) is 5.63. The zero-order valence-electron chi connectivity index (χ0n) is 8.36. The number of isocyanates is 2. The van der Waals surface area contributed by atoms with Gasteiger partial charge in [0, 0.05) is 0 Å². The van der Waals surface area contributed by atoms with E-state index in [0.717, 1.165) is 16.7 Å². The van der Waals surface area contributed by atoms with Gasteiger partial charge in [-0.15, -0.1) is 0 Å². The Balaban J connectivity index is 2.86. The maximum Gasteiger partial charge on any atom is 0.235 e. The summed E-state index contributed by atoms with van der Waals surface area (Å²) < 4.78 is 0. The van der Waals surface area contributed by atoms with Gasteiger partial charge in [0.1, 0.15) is 0 Å². The van der Waals surface area contributed by atoms with E-state index in [9.17, 15) is 9.59 Å². The zero-order chi connectivity index (χ0) is 11.1. The fraction of sp³-hybridized carbons (Fsp3) is 0.273. The van der Waals surface area contributed by atoms with E-state index in [1.54, 1.807) is 0 Å². The minimum atomic E-state index is 0.335. The molecule has 0 aliphatic carbocycles. The van der Waals surface area contributed by atoms with E-state index >= 15 is 0 Å². The van der Waals surface area contributed by atoms with Crippen molar-refractivity contribution in [3.8, 4) is 0 Å². The molecule has 1 aromatic carbocycles. The molecule has 0 atom stereocenters. The molecule has 0 saturated carbocycles. The number of carbonyl (C=O) groups excluding carboxylic acids is 2. The monoisotopic (exact) mass is 202 g/mol. The molecule has 0 fully saturated rings. The molecule has 0 N–H and O–H groups in total. The first-order valence-corrected chi connectivity index (χ1v) is 4.43. The quantitative estimate of drug-likeness (QED) is 0.550. The lowest BCUT2D eigenvalue weighted by Crippen LogP contribution is -1.90. The van der Waals surface area contributed by atoms with Crippen LogP contribution in [-0.4, -0.2) is 12.2 Å². The average molecular weight is 202 g/mol. The van der Waals surface area contributed by atoms with E-state index in [1.165, 1.54) is 12.2 Å². The second kappa shape index (κ2) is 5.66. The Morgan fingerprint density at radius 1 is 1.13 bits per heavy atom. The summed E-state index contributed by atoms with van der Waals surface area (Å²) in [7, 11) is 0. The molecule has 0 heterocycles. The molecule has 0 unspecified atom stereocenters. The highest BCUT2D eigenvalue weighted by molar-refractivity contribution is 5.37. The lowest BCUT2D eigenvalue weighted by molar-refractivity contribution is 0.562. The Labute approximate surface area is 87.4 Å². The van der Waals surface area contributed by atoms with Crippen molar-refractivity contribution in [2.75, 3.05) is 0 Å². The van der Waals surface area contributed by atoms with Gasteiger partial charge in [-0.25, -0.2) is 19.6 Å². The van der Waals surface area contributed by atoms with E-state index in [4.69, 9.17) is 0 Å². The Hall–Kier alpha value is -2.02. The molecule has 4 nitrogen and oxygen atoms in total. The number of aryl methyl sites for hydroxylation is 1. The van der Waals surface area contributed by atoms with Crippen molar-refractivity contribution < 1.29 is 9.59 Å². The SMILES string of the molecule is Cc1cc(CN=C=O)ccc1CN=C=O. The number of rotatable bonds is 4. The van der Waals surface area contributed by atoms with Crippen LogP contribution >= 0.6 is 0 Å². The first-order chi connectivity index (χ1) is 7.27. The third-order valence-corrected chi connectivity index (χ3v) is 2.05. The van der Waals surface area contributed by atoms with Crippen molar-refractivity contribution >= 4 is 12.2 Å². The Morgan fingerprint density at radius 2 is 1.80 bits per heavy atom. The number of benzene rings is 1. The van der Waals surface area contributed by atoms with Gasteiger partial charge in [-0.05, 0) is 23.6 Å². The summed E-state index contributed by atoms with van der Waals surface area (Å²) in [6.07, 6.45) is 2.99. The van der Waals surface area contributed by atoms with Crippen LogP contribution in [0.15, 0.2) is 28.2 Å². The van der Waals surface area contributed by atoms with Gasteiger partial charge in [-0.1, -0.05) is 18.2 Å². The van der Waals surface area contributed by atoms with Gasteiger partial charge in [0.2, 0.25) is 12.2 Å². The predicted octanol–water partition coefficient (Wildman–Crippen LogP) is 1.67. The molecule has 4 heteroatoms. The fourth-order valence-electron chi connectivity index (χ4n) is 1.27. The molecule has 0 radical (unpaired) electrons. The maximum absolute atomic E-state index is 9.95. The second-order valence-corrected chi connectivity index (χ2v) is 3.08. The number of nitrogens with zero attached hydrogens (tertiary/aromatic N) is 2. The molecule has 15 heavy (non-hydrogen) atoms. The normalized spacial score (nSPS) is 8.87. The Kier molecular flexibility index (Phi) is 4.17. The summed E-state index contributed by atoms with van der Waals surface area (Å²) >= 11 is 0. The Morgan fingerprint density at radius 3 is 2.40 bits per heavy atom. The minimum absolute atomic E-state index is 0.335. The molecule has 0 saturated heterocycles. The van der Waals surface area contributed by atoms with Crippen LogP contribution in [0.25, 0.3) is 0 Å². The molecular formula is C11H10N2O2. The molecular weight excluding hydrogens is 192 g/mol. The standard InChI is InChI=1S/C11H10N2O2/c1-9-4-10(5-12-7-14)2-3-11(9)6-13-8-15/h2-4H,5-6H2,1H3. The lowest BCUT2D eigenvalue weighted by Gasteiger charge is -2.03. The van der Waals surface area contributed by atoms with Crippen LogP contribution in [0.1, 0.15) is 16.7 Å². The molecule has 1 rings (SSSR count). The zero-order valence-corrected chi connectivity index (χ0v) is 8.36. The van der Waals surface area contributed by atoms with Gasteiger partial charge >= 0.3 is 0 Å². The molecule has 0 aliphatic rings. The maximum atomic E-state index is 9.95. The van der Waals surface area contributed by atoms with Crippen LogP contribution in [0.3, 0.4) is 0 Å². The van der Waals surface area contributed by atoms with Crippen LogP contribution < -0.4 is 0 Å². The highest BCUT2D eigenvalue weighted by Crippen LogP contribution is 2.12. The molecule has 0 aliphatic heterocycles. The molecule has 76 valence electrons. The largest absolute Gasteiger partial charge is 0.235 e. The van der Waals surface area contributed by atoms with Crippen molar-refractivity contribution in [2.24, 2.45) is 9.98 Å². The van der Waals surface area contributed by atoms with Crippen LogP contribution in [0.2, 0.25) is 0 Å². The topological polar surface area (TPSA) is 58.9 Å². The van der Waals surface area contributed by atoms with Gasteiger partial charge in [-0.3, -0.25) is 0 Å². The molecule has 1 aromatic rings. The lowest BCUT2D eigenvalue weighted by atomic mass is 10.1. The van der Waals surface area contributed by atoms with Gasteiger partial charge in [0.15, 0.2) is 0 Å². The van der Waals surface area contributed by atoms with Crippen molar-refractivity contribution in [3.05, 3.63) is 34.9 Å². The van der Waals surface area contributed by atoms with Gasteiger partial charge in [0.05, 0.1) is 13.1 Å². The molecule has 0 aromatic heterocycles. The van der Waals surface area contributed by atoms with Crippen LogP contribution in [-0.2, 0) is 22.7 Å². The van der Waals surface area contributed by atoms with Gasteiger partial charge in [0.25, 0.3) is 0 Å². The van der Waals surface area contributed by atoms with Crippen molar-refractivity contribution in [2.45, 2.75) is 20.0 Å². The third kappa shape index (κ3) is 3.31. The van der Waals surface area contributed by atoms with Gasteiger partial charge in [-0.2, -0.15) is 0 Å². The van der Waals surface area contributed by atoms with Crippen LogP contribution in [0, 0.1) is 6.92 Å². The van der Waals surface area contributed by atoms with Crippen molar-refractivity contribution in [3.63, 3.8) is 0 Å². The predicted molar refractivity (Wildman–Crippen MR) is 54.8 cm³/mol. The summed E-state index contributed by atoms with van der Waals surface area (Å²) in [4.78, 5) is 26.9. The number of hydrogen-bond donors (Lipinski definition) is 0. The molecule has 0 bridgehead atoms. The van der Waals surface area contributed by atoms with Crippen LogP contribution in [0.4, 0.5) is 0 Å². The van der Waals surface area contributed by atoms with Crippen LogP contribution in [0.5, 0.6) is 0 Å². The first kappa shape index (κ1) is 11.1. The average Bonchev–Trinajstić information content (AvgIpc) is 2.25. The molecule has 0 amide bonds. The summed E-state index contributed by atoms with van der Waals surface area (Å²) in [5, 5.41) is 0. The molecule has 0 spiro atoms. The summed E-state index contributed by atoms with van der Waals surface area (Å²) in [6.45, 7) is 2.60. The first-order valence-electron chi connectivity index (χ1n) is 4.43.